The van der Waals surface area contributed by atoms with Gasteiger partial charge < -0.3 is 20.9 Å². The van der Waals surface area contributed by atoms with E-state index in [1.165, 1.54) is 6.33 Å². The number of nitrogens with two attached hydrogens (primary N) is 1. The van der Waals surface area contributed by atoms with E-state index in [2.05, 4.69) is 25.3 Å². The molecule has 4 rings (SSSR count). The maximum atomic E-state index is 12.6. The number of aromatic nitrogens is 4. The maximum absolute atomic E-state index is 12.6. The third-order valence-corrected chi connectivity index (χ3v) is 5.60. The van der Waals surface area contributed by atoms with Crippen molar-refractivity contribution >= 4 is 34.7 Å². The maximum Gasteiger partial charge on any atom is 0.259 e. The summed E-state index contributed by atoms with van der Waals surface area (Å²) in [5.41, 5.74) is 7.42. The van der Waals surface area contributed by atoms with Gasteiger partial charge in [-0.2, -0.15) is 0 Å². The van der Waals surface area contributed by atoms with Crippen LogP contribution in [0.1, 0.15) is 25.7 Å². The Morgan fingerprint density at radius 2 is 2.28 bits per heavy atom. The average molecular weight is 359 g/mol. The zero-order valence-electron chi connectivity index (χ0n) is 13.8. The number of H-pyrrole nitrogens is 1. The molecular formula is C16H21N7OS. The highest BCUT2D eigenvalue weighted by Gasteiger charge is 2.25. The number of nitrogens with one attached hydrogen (secondary N) is 2. The minimum Gasteiger partial charge on any atom is -0.349 e. The fourth-order valence-corrected chi connectivity index (χ4v) is 4.27. The lowest BCUT2D eigenvalue weighted by Crippen LogP contribution is -2.43. The van der Waals surface area contributed by atoms with Crippen LogP contribution in [0, 0.1) is 0 Å². The quantitative estimate of drug-likeness (QED) is 0.753. The third-order valence-electron chi connectivity index (χ3n) is 4.61. The summed E-state index contributed by atoms with van der Waals surface area (Å²) < 4.78 is 0. The highest BCUT2D eigenvalue weighted by atomic mass is 32.2. The minimum absolute atomic E-state index is 0.0243. The summed E-state index contributed by atoms with van der Waals surface area (Å²) in [4.78, 5) is 31.1. The van der Waals surface area contributed by atoms with Gasteiger partial charge in [-0.1, -0.05) is 0 Å². The van der Waals surface area contributed by atoms with Gasteiger partial charge in [-0.25, -0.2) is 15.0 Å². The second-order valence-corrected chi connectivity index (χ2v) is 7.57. The van der Waals surface area contributed by atoms with Crippen molar-refractivity contribution in [1.82, 2.24) is 25.3 Å². The van der Waals surface area contributed by atoms with Crippen molar-refractivity contribution in [3.63, 3.8) is 0 Å². The fraction of sp³-hybridized carbons (Fsp3) is 0.500. The van der Waals surface area contributed by atoms with Crippen molar-refractivity contribution in [3.8, 4) is 0 Å². The van der Waals surface area contributed by atoms with E-state index in [0.29, 0.717) is 10.6 Å². The van der Waals surface area contributed by atoms with Gasteiger partial charge in [-0.15, -0.1) is 11.8 Å². The Morgan fingerprint density at radius 1 is 1.36 bits per heavy atom. The van der Waals surface area contributed by atoms with Crippen LogP contribution in [0.3, 0.4) is 0 Å². The van der Waals surface area contributed by atoms with Crippen LogP contribution in [0.5, 0.6) is 0 Å². The summed E-state index contributed by atoms with van der Waals surface area (Å²) in [5, 5.41) is 3.14. The molecule has 2 atom stereocenters. The molecule has 1 aliphatic carbocycles. The standard InChI is InChI=1S/C16H21N7OS/c17-10-2-1-3-11(6-10)22-16(24)12-7-23(4-5-25-12)15-13-14(19-8-18-13)20-9-21-15/h7-11H,1-6,17H2,(H,22,24)(H,18,19,20,21)/t10-,11+/m1/s1. The molecule has 2 aliphatic rings. The first kappa shape index (κ1) is 16.3. The molecule has 1 aliphatic heterocycles. The van der Waals surface area contributed by atoms with E-state index in [4.69, 9.17) is 5.73 Å². The van der Waals surface area contributed by atoms with Crippen LogP contribution < -0.4 is 16.0 Å². The Hall–Kier alpha value is -2.13. The smallest absolute Gasteiger partial charge is 0.259 e. The number of rotatable bonds is 3. The Kier molecular flexibility index (Phi) is 4.58. The number of fused-ring (bicyclic) bond motifs is 1. The van der Waals surface area contributed by atoms with Crippen molar-refractivity contribution in [2.45, 2.75) is 37.8 Å². The number of aromatic amines is 1. The van der Waals surface area contributed by atoms with E-state index in [1.807, 2.05) is 11.1 Å². The van der Waals surface area contributed by atoms with E-state index in [9.17, 15) is 4.79 Å². The topological polar surface area (TPSA) is 113 Å². The molecular weight excluding hydrogens is 338 g/mol. The van der Waals surface area contributed by atoms with Crippen LogP contribution in [0.15, 0.2) is 23.8 Å². The molecule has 25 heavy (non-hydrogen) atoms. The lowest BCUT2D eigenvalue weighted by atomic mass is 9.91. The molecule has 1 fully saturated rings. The van der Waals surface area contributed by atoms with Crippen LogP contribution in [0.2, 0.25) is 0 Å². The molecule has 1 amide bonds. The Labute approximate surface area is 149 Å². The van der Waals surface area contributed by atoms with Crippen molar-refractivity contribution in [1.29, 1.82) is 0 Å². The average Bonchev–Trinajstić information content (AvgIpc) is 3.10. The van der Waals surface area contributed by atoms with Gasteiger partial charge in [-0.05, 0) is 25.7 Å². The van der Waals surface area contributed by atoms with Crippen LogP contribution in [0.4, 0.5) is 5.82 Å². The number of hydrogen-bond acceptors (Lipinski definition) is 7. The normalized spacial score (nSPS) is 24.2. The van der Waals surface area contributed by atoms with Gasteiger partial charge in [0.1, 0.15) is 11.8 Å². The summed E-state index contributed by atoms with van der Waals surface area (Å²) in [7, 11) is 0. The van der Waals surface area contributed by atoms with Crippen molar-refractivity contribution in [3.05, 3.63) is 23.8 Å². The molecule has 0 bridgehead atoms. The van der Waals surface area contributed by atoms with Gasteiger partial charge in [-0.3, -0.25) is 4.79 Å². The molecule has 4 N–H and O–H groups in total. The van der Waals surface area contributed by atoms with Crippen molar-refractivity contribution in [2.24, 2.45) is 5.73 Å². The summed E-state index contributed by atoms with van der Waals surface area (Å²) in [6.45, 7) is 0.779. The van der Waals surface area contributed by atoms with Gasteiger partial charge in [0.15, 0.2) is 11.5 Å². The number of carbonyl (C=O) groups excluding carboxylic acids is 1. The van der Waals surface area contributed by atoms with Gasteiger partial charge in [0.05, 0.1) is 11.2 Å². The predicted molar refractivity (Wildman–Crippen MR) is 97.9 cm³/mol. The van der Waals surface area contributed by atoms with Crippen LogP contribution in [-0.4, -0.2) is 50.2 Å². The molecule has 3 heterocycles. The van der Waals surface area contributed by atoms with Crippen LogP contribution in [0.25, 0.3) is 11.2 Å². The number of nitrogens with zero attached hydrogens (tertiary/aromatic N) is 4. The number of hydrogen-bond donors (Lipinski definition) is 3. The first-order chi connectivity index (χ1) is 12.2. The van der Waals surface area contributed by atoms with Gasteiger partial charge in [0, 0.05) is 30.6 Å². The Bertz CT molecular complexity index is 805. The predicted octanol–water partition coefficient (Wildman–Crippen LogP) is 1.13. The van der Waals surface area contributed by atoms with E-state index in [1.54, 1.807) is 18.1 Å². The minimum atomic E-state index is -0.0243. The lowest BCUT2D eigenvalue weighted by Gasteiger charge is -2.29. The second kappa shape index (κ2) is 7.01. The zero-order valence-corrected chi connectivity index (χ0v) is 14.6. The molecule has 0 saturated heterocycles. The largest absolute Gasteiger partial charge is 0.349 e. The molecule has 9 heteroatoms. The molecule has 0 spiro atoms. The zero-order chi connectivity index (χ0) is 17.2. The number of thioether (sulfide) groups is 1. The molecule has 2 aromatic heterocycles. The number of carbonyl (C=O) groups is 1. The monoisotopic (exact) mass is 359 g/mol. The van der Waals surface area contributed by atoms with E-state index >= 15 is 0 Å². The summed E-state index contributed by atoms with van der Waals surface area (Å²) >= 11 is 1.57. The molecule has 0 unspecified atom stereocenters. The third kappa shape index (κ3) is 3.47. The molecule has 0 aromatic carbocycles. The van der Waals surface area contributed by atoms with Crippen molar-refractivity contribution in [2.75, 3.05) is 17.2 Å². The summed E-state index contributed by atoms with van der Waals surface area (Å²) in [5.74, 6) is 1.54. The van der Waals surface area contributed by atoms with Crippen molar-refractivity contribution < 1.29 is 4.79 Å². The summed E-state index contributed by atoms with van der Waals surface area (Å²) in [6.07, 6.45) is 8.95. The van der Waals surface area contributed by atoms with E-state index < -0.39 is 0 Å². The second-order valence-electron chi connectivity index (χ2n) is 6.43. The molecule has 132 valence electrons. The fourth-order valence-electron chi connectivity index (χ4n) is 3.37. The van der Waals surface area contributed by atoms with E-state index in [-0.39, 0.29) is 18.0 Å². The Morgan fingerprint density at radius 3 is 3.16 bits per heavy atom. The summed E-state index contributed by atoms with van der Waals surface area (Å²) in [6, 6.07) is 0.365. The lowest BCUT2D eigenvalue weighted by molar-refractivity contribution is -0.117. The first-order valence-corrected chi connectivity index (χ1v) is 9.51. The highest BCUT2D eigenvalue weighted by molar-refractivity contribution is 8.04. The van der Waals surface area contributed by atoms with Gasteiger partial charge in [0.2, 0.25) is 0 Å². The number of anilines is 1. The molecule has 2 aromatic rings. The highest BCUT2D eigenvalue weighted by Crippen LogP contribution is 2.28. The van der Waals surface area contributed by atoms with E-state index in [0.717, 1.165) is 49.3 Å². The van der Waals surface area contributed by atoms with Crippen LogP contribution >= 0.6 is 11.8 Å². The number of imidazole rings is 1. The van der Waals surface area contributed by atoms with Gasteiger partial charge >= 0.3 is 0 Å². The Balaban J connectivity index is 1.52. The van der Waals surface area contributed by atoms with Crippen LogP contribution in [-0.2, 0) is 4.79 Å². The number of amides is 1. The molecule has 1 saturated carbocycles. The first-order valence-electron chi connectivity index (χ1n) is 8.52. The molecule has 0 radical (unpaired) electrons. The van der Waals surface area contributed by atoms with Gasteiger partial charge in [0.25, 0.3) is 5.91 Å². The molecule has 8 nitrogen and oxygen atoms in total. The SMILES string of the molecule is N[C@@H]1CCC[C@H](NC(=O)C2=CN(c3ncnc4nc[nH]c34)CCS2)C1.